The van der Waals surface area contributed by atoms with Gasteiger partial charge in [0.1, 0.15) is 24.5 Å². The predicted molar refractivity (Wildman–Crippen MR) is 71.1 cm³/mol. The fraction of sp³-hybridized carbons (Fsp3) is 0.778. The normalized spacial score (nSPS) is 40.0. The van der Waals surface area contributed by atoms with Crippen LogP contribution in [0.5, 0.6) is 0 Å². The molecule has 126 valence electrons. The molecule has 0 radical (unpaired) electrons. The molecule has 0 bridgehead atoms. The van der Waals surface area contributed by atoms with E-state index in [0.29, 0.717) is 0 Å². The minimum Gasteiger partial charge on any atom is -0.394 e. The van der Waals surface area contributed by atoms with Crippen LogP contribution in [0, 0.1) is 0 Å². The second-order valence-corrected chi connectivity index (χ2v) is 6.66. The number of aliphatic imine (C=N–C) groups is 1. The van der Waals surface area contributed by atoms with Crippen molar-refractivity contribution in [3.8, 4) is 0 Å². The number of aliphatic hydroxyl groups is 3. The Kier molecular flexibility index (Phi) is 4.27. The maximum absolute atomic E-state index is 11.8. The average Bonchev–Trinajstić information content (AvgIpc) is 2.89. The van der Waals surface area contributed by atoms with Crippen LogP contribution >= 0.6 is 0 Å². The van der Waals surface area contributed by atoms with Crippen LogP contribution in [0.15, 0.2) is 4.99 Å². The molecule has 9 N–H and O–H groups in total. The van der Waals surface area contributed by atoms with Gasteiger partial charge in [0.15, 0.2) is 5.71 Å². The van der Waals surface area contributed by atoms with Crippen molar-refractivity contribution in [3.63, 3.8) is 0 Å². The minimum absolute atomic E-state index is 0.461. The Hall–Kier alpha value is -1.19. The van der Waals surface area contributed by atoms with E-state index in [9.17, 15) is 23.4 Å². The molecule has 1 unspecified atom stereocenters. The van der Waals surface area contributed by atoms with Crippen molar-refractivity contribution in [2.24, 2.45) is 21.6 Å². The third kappa shape index (κ3) is 2.31. The number of hydrogen-bond acceptors (Lipinski definition) is 10. The van der Waals surface area contributed by atoms with Crippen LogP contribution in [-0.2, 0) is 19.6 Å². The Morgan fingerprint density at radius 3 is 2.45 bits per heavy atom. The molecule has 0 aromatic rings. The quantitative estimate of drug-likeness (QED) is 0.287. The van der Waals surface area contributed by atoms with Crippen LogP contribution in [0.2, 0.25) is 0 Å². The zero-order chi connectivity index (χ0) is 16.9. The number of aliphatic hydroxyl groups excluding tert-OH is 3. The Balaban J connectivity index is 2.43. The molecule has 2 aliphatic rings. The Bertz CT molecular complexity index is 609. The van der Waals surface area contributed by atoms with E-state index in [2.05, 4.69) is 4.99 Å². The summed E-state index contributed by atoms with van der Waals surface area (Å²) < 4.78 is 28.9. The lowest BCUT2D eigenvalue weighted by atomic mass is 10.1. The maximum Gasteiger partial charge on any atom is 0.267 e. The summed E-state index contributed by atoms with van der Waals surface area (Å²) >= 11 is 0. The zero-order valence-electron chi connectivity index (χ0n) is 11.2. The van der Waals surface area contributed by atoms with Gasteiger partial charge in [0.25, 0.3) is 5.91 Å². The van der Waals surface area contributed by atoms with Gasteiger partial charge in [-0.3, -0.25) is 15.5 Å². The largest absolute Gasteiger partial charge is 0.394 e. The molecule has 2 heterocycles. The van der Waals surface area contributed by atoms with E-state index in [1.54, 1.807) is 0 Å². The molecular weight excluding hydrogens is 322 g/mol. The molecule has 13 heteroatoms. The first-order valence-corrected chi connectivity index (χ1v) is 7.65. The van der Waals surface area contributed by atoms with Gasteiger partial charge in [-0.25, -0.2) is 18.5 Å². The van der Waals surface area contributed by atoms with Crippen molar-refractivity contribution in [3.05, 3.63) is 0 Å². The standard InChI is InChI=1S/C9H17N5O7S/c10-7(18)6-9(11,22(12,19)20)14(2-13-6)8-5(17)4(16)3(1-15)21-8/h3-5,8,15-17H,1-2,11H2,(H2,10,18)(H2,12,19,20)/t3-,4-,5-,8-,9?/m1/s1. The predicted octanol–water partition coefficient (Wildman–Crippen LogP) is -5.47. The second kappa shape index (κ2) is 5.47. The SMILES string of the molecule is NC(=O)C1=NCN([C@@H]2O[C@H](CO)[C@@H](O)[C@H]2O)C1(N)S(N)(=O)=O. The highest BCUT2D eigenvalue weighted by Crippen LogP contribution is 2.32. The summed E-state index contributed by atoms with van der Waals surface area (Å²) in [7, 11) is -4.61. The van der Waals surface area contributed by atoms with Gasteiger partial charge < -0.3 is 25.8 Å². The van der Waals surface area contributed by atoms with Crippen LogP contribution in [0.4, 0.5) is 0 Å². The van der Waals surface area contributed by atoms with Gasteiger partial charge in [0, 0.05) is 0 Å². The lowest BCUT2D eigenvalue weighted by Gasteiger charge is -2.36. The Labute approximate surface area is 125 Å². The first kappa shape index (κ1) is 17.2. The number of amides is 1. The van der Waals surface area contributed by atoms with Crippen molar-refractivity contribution < 1.29 is 33.3 Å². The molecular formula is C9H17N5O7S. The average molecular weight is 339 g/mol. The van der Waals surface area contributed by atoms with Gasteiger partial charge in [0.05, 0.1) is 13.3 Å². The summed E-state index contributed by atoms with van der Waals surface area (Å²) in [4.78, 5) is 13.2. The second-order valence-electron chi connectivity index (χ2n) is 4.95. The monoisotopic (exact) mass is 339 g/mol. The molecule has 0 saturated carbocycles. The third-order valence-corrected chi connectivity index (χ3v) is 4.93. The van der Waals surface area contributed by atoms with Crippen LogP contribution in [-0.4, -0.2) is 83.1 Å². The van der Waals surface area contributed by atoms with E-state index < -0.39 is 64.5 Å². The highest BCUT2D eigenvalue weighted by molar-refractivity contribution is 7.91. The molecule has 5 atom stereocenters. The first-order chi connectivity index (χ1) is 10.1. The van der Waals surface area contributed by atoms with Gasteiger partial charge in [0.2, 0.25) is 15.0 Å². The van der Waals surface area contributed by atoms with Crippen molar-refractivity contribution in [1.82, 2.24) is 4.90 Å². The molecule has 1 amide bonds. The zero-order valence-corrected chi connectivity index (χ0v) is 12.0. The highest BCUT2D eigenvalue weighted by atomic mass is 32.2. The summed E-state index contributed by atoms with van der Waals surface area (Å²) in [5.74, 6) is -1.20. The molecule has 22 heavy (non-hydrogen) atoms. The number of ether oxygens (including phenoxy) is 1. The number of nitrogens with two attached hydrogens (primary N) is 3. The van der Waals surface area contributed by atoms with Gasteiger partial charge in [-0.05, 0) is 0 Å². The van der Waals surface area contributed by atoms with Gasteiger partial charge in [-0.15, -0.1) is 0 Å². The summed E-state index contributed by atoms with van der Waals surface area (Å²) in [6, 6.07) is 0. The van der Waals surface area contributed by atoms with Crippen LogP contribution in [0.1, 0.15) is 0 Å². The minimum atomic E-state index is -4.61. The number of rotatable bonds is 4. The molecule has 1 fully saturated rings. The van der Waals surface area contributed by atoms with E-state index in [0.717, 1.165) is 4.90 Å². The lowest BCUT2D eigenvalue weighted by Crippen LogP contribution is -2.70. The first-order valence-electron chi connectivity index (χ1n) is 6.10. The van der Waals surface area contributed by atoms with Crippen LogP contribution < -0.4 is 16.6 Å². The smallest absolute Gasteiger partial charge is 0.267 e. The van der Waals surface area contributed by atoms with E-state index in [1.165, 1.54) is 0 Å². The summed E-state index contributed by atoms with van der Waals surface area (Å²) in [5, 5.41) is 33.8. The van der Waals surface area contributed by atoms with Crippen LogP contribution in [0.3, 0.4) is 0 Å². The highest BCUT2D eigenvalue weighted by Gasteiger charge is 2.60. The molecule has 2 rings (SSSR count). The van der Waals surface area contributed by atoms with Crippen LogP contribution in [0.25, 0.3) is 0 Å². The van der Waals surface area contributed by atoms with Gasteiger partial charge in [-0.2, -0.15) is 0 Å². The molecule has 0 aliphatic carbocycles. The molecule has 0 aromatic carbocycles. The third-order valence-electron chi connectivity index (χ3n) is 3.64. The number of carbonyl (C=O) groups excluding carboxylic acids is 1. The lowest BCUT2D eigenvalue weighted by molar-refractivity contribution is -0.114. The van der Waals surface area contributed by atoms with E-state index in [1.807, 2.05) is 0 Å². The molecule has 1 saturated heterocycles. The number of primary sulfonamides is 1. The fourth-order valence-corrected chi connectivity index (χ4v) is 3.38. The fourth-order valence-electron chi connectivity index (χ4n) is 2.46. The molecule has 0 spiro atoms. The van der Waals surface area contributed by atoms with Crippen molar-refractivity contribution in [2.75, 3.05) is 13.3 Å². The Morgan fingerprint density at radius 1 is 1.45 bits per heavy atom. The topological polar surface area (TPSA) is 215 Å². The maximum atomic E-state index is 11.8. The van der Waals surface area contributed by atoms with E-state index >= 15 is 0 Å². The number of nitrogens with zero attached hydrogens (tertiary/aromatic N) is 2. The number of carbonyl (C=O) groups is 1. The van der Waals surface area contributed by atoms with Gasteiger partial charge >= 0.3 is 0 Å². The number of hydrogen-bond donors (Lipinski definition) is 6. The summed E-state index contributed by atoms with van der Waals surface area (Å²) in [5.41, 5.74) is 10.1. The van der Waals surface area contributed by atoms with Crippen molar-refractivity contribution in [2.45, 2.75) is 29.5 Å². The van der Waals surface area contributed by atoms with Gasteiger partial charge in [-0.1, -0.05) is 0 Å². The van der Waals surface area contributed by atoms with Crippen molar-refractivity contribution >= 4 is 21.6 Å². The number of sulfonamides is 1. The summed E-state index contributed by atoms with van der Waals surface area (Å²) in [6.45, 7) is -1.09. The summed E-state index contributed by atoms with van der Waals surface area (Å²) in [6.07, 6.45) is -5.72. The van der Waals surface area contributed by atoms with Crippen molar-refractivity contribution in [1.29, 1.82) is 0 Å². The van der Waals surface area contributed by atoms with E-state index in [-0.39, 0.29) is 0 Å². The molecule has 2 aliphatic heterocycles. The van der Waals surface area contributed by atoms with E-state index in [4.69, 9.17) is 26.4 Å². The number of primary amides is 1. The molecule has 12 nitrogen and oxygen atoms in total. The Morgan fingerprint density at radius 2 is 2.05 bits per heavy atom. The molecule has 0 aromatic heterocycles.